The highest BCUT2D eigenvalue weighted by Crippen LogP contribution is 2.07. The van der Waals surface area contributed by atoms with Crippen LogP contribution in [0.3, 0.4) is 0 Å². The van der Waals surface area contributed by atoms with E-state index in [1.54, 1.807) is 13.1 Å². The van der Waals surface area contributed by atoms with Gasteiger partial charge in [-0.05, 0) is 25.5 Å². The van der Waals surface area contributed by atoms with Gasteiger partial charge in [-0.3, -0.25) is 4.98 Å². The van der Waals surface area contributed by atoms with Crippen LogP contribution in [0.1, 0.15) is 19.5 Å². The van der Waals surface area contributed by atoms with Gasteiger partial charge in [0.1, 0.15) is 0 Å². The molecule has 0 aliphatic carbocycles. The molecule has 1 unspecified atom stereocenters. The number of anilines is 1. The van der Waals surface area contributed by atoms with E-state index < -0.39 is 0 Å². The zero-order valence-electron chi connectivity index (χ0n) is 8.12. The van der Waals surface area contributed by atoms with Crippen molar-refractivity contribution in [3.05, 3.63) is 24.0 Å². The number of pyridine rings is 1. The molecular weight excluding hydrogens is 164 g/mol. The molecule has 0 aromatic carbocycles. The topological polar surface area (TPSA) is 45.1 Å². The van der Waals surface area contributed by atoms with Crippen LogP contribution in [-0.2, 0) is 6.42 Å². The van der Waals surface area contributed by atoms with Gasteiger partial charge in [-0.1, -0.05) is 6.92 Å². The Morgan fingerprint density at radius 3 is 3.00 bits per heavy atom. The van der Waals surface area contributed by atoms with Gasteiger partial charge in [0.15, 0.2) is 0 Å². The molecule has 0 aliphatic heterocycles. The molecule has 0 spiro atoms. The first-order valence-electron chi connectivity index (χ1n) is 4.59. The summed E-state index contributed by atoms with van der Waals surface area (Å²) in [7, 11) is 0. The van der Waals surface area contributed by atoms with Crippen LogP contribution in [0.2, 0.25) is 0 Å². The van der Waals surface area contributed by atoms with Crippen molar-refractivity contribution in [1.82, 2.24) is 4.98 Å². The van der Waals surface area contributed by atoms with Crippen molar-refractivity contribution < 1.29 is 5.11 Å². The van der Waals surface area contributed by atoms with E-state index >= 15 is 0 Å². The first kappa shape index (κ1) is 9.99. The van der Waals surface area contributed by atoms with Crippen molar-refractivity contribution in [3.63, 3.8) is 0 Å². The molecule has 0 amide bonds. The maximum Gasteiger partial charge on any atom is 0.0684 e. The highest BCUT2D eigenvalue weighted by atomic mass is 16.3. The van der Waals surface area contributed by atoms with E-state index in [0.29, 0.717) is 6.54 Å². The van der Waals surface area contributed by atoms with E-state index in [0.717, 1.165) is 17.8 Å². The molecule has 1 atom stereocenters. The molecule has 2 N–H and O–H groups in total. The van der Waals surface area contributed by atoms with Crippen molar-refractivity contribution in [1.29, 1.82) is 0 Å². The average Bonchev–Trinajstić information content (AvgIpc) is 2.15. The minimum atomic E-state index is -0.321. The fourth-order valence-corrected chi connectivity index (χ4v) is 1.05. The summed E-state index contributed by atoms with van der Waals surface area (Å²) in [5, 5.41) is 12.2. The van der Waals surface area contributed by atoms with Gasteiger partial charge in [-0.15, -0.1) is 0 Å². The number of hydrogen-bond acceptors (Lipinski definition) is 3. The molecular formula is C10H16N2O. The summed E-state index contributed by atoms with van der Waals surface area (Å²) >= 11 is 0. The summed E-state index contributed by atoms with van der Waals surface area (Å²) in [6.07, 6.45) is 2.39. The van der Waals surface area contributed by atoms with E-state index in [1.165, 1.54) is 0 Å². The number of aryl methyl sites for hydroxylation is 1. The molecule has 0 saturated carbocycles. The van der Waals surface area contributed by atoms with Gasteiger partial charge in [0.25, 0.3) is 0 Å². The van der Waals surface area contributed by atoms with Gasteiger partial charge >= 0.3 is 0 Å². The molecule has 0 aliphatic rings. The second kappa shape index (κ2) is 4.82. The fraction of sp³-hybridized carbons (Fsp3) is 0.500. The van der Waals surface area contributed by atoms with Gasteiger partial charge in [0.05, 0.1) is 6.10 Å². The number of aliphatic hydroxyl groups is 1. The number of rotatable bonds is 4. The third-order valence-electron chi connectivity index (χ3n) is 1.78. The minimum absolute atomic E-state index is 0.321. The number of aliphatic hydroxyl groups excluding tert-OH is 1. The summed E-state index contributed by atoms with van der Waals surface area (Å²) < 4.78 is 0. The lowest BCUT2D eigenvalue weighted by atomic mass is 10.2. The Bertz CT molecular complexity index is 261. The SMILES string of the molecule is CCc1cc(NCC(C)O)ccn1. The second-order valence-corrected chi connectivity index (χ2v) is 3.12. The third-order valence-corrected chi connectivity index (χ3v) is 1.78. The van der Waals surface area contributed by atoms with Crippen molar-refractivity contribution in [2.75, 3.05) is 11.9 Å². The Balaban J connectivity index is 2.56. The highest BCUT2D eigenvalue weighted by molar-refractivity contribution is 5.43. The van der Waals surface area contributed by atoms with Crippen LogP contribution < -0.4 is 5.32 Å². The quantitative estimate of drug-likeness (QED) is 0.737. The van der Waals surface area contributed by atoms with Crippen LogP contribution in [0.4, 0.5) is 5.69 Å². The standard InChI is InChI=1S/C10H16N2O/c1-3-9-6-10(4-5-11-9)12-7-8(2)13/h4-6,8,13H,3,7H2,1-2H3,(H,11,12). The molecule has 0 bridgehead atoms. The summed E-state index contributed by atoms with van der Waals surface area (Å²) in [5.74, 6) is 0. The van der Waals surface area contributed by atoms with E-state index in [4.69, 9.17) is 5.11 Å². The molecule has 0 radical (unpaired) electrons. The maximum absolute atomic E-state index is 9.06. The first-order chi connectivity index (χ1) is 6.22. The van der Waals surface area contributed by atoms with Gasteiger partial charge in [-0.2, -0.15) is 0 Å². The van der Waals surface area contributed by atoms with E-state index in [1.807, 2.05) is 12.1 Å². The fourth-order valence-electron chi connectivity index (χ4n) is 1.05. The van der Waals surface area contributed by atoms with E-state index in [9.17, 15) is 0 Å². The van der Waals surface area contributed by atoms with Crippen LogP contribution in [0, 0.1) is 0 Å². The van der Waals surface area contributed by atoms with Gasteiger partial charge in [0, 0.05) is 24.1 Å². The molecule has 1 aromatic heterocycles. The number of aromatic nitrogens is 1. The molecule has 1 heterocycles. The zero-order valence-corrected chi connectivity index (χ0v) is 8.12. The Kier molecular flexibility index (Phi) is 3.71. The van der Waals surface area contributed by atoms with Crippen molar-refractivity contribution in [3.8, 4) is 0 Å². The van der Waals surface area contributed by atoms with Gasteiger partial charge in [-0.25, -0.2) is 0 Å². The van der Waals surface area contributed by atoms with Gasteiger partial charge in [0.2, 0.25) is 0 Å². The molecule has 0 fully saturated rings. The van der Waals surface area contributed by atoms with Crippen molar-refractivity contribution in [2.24, 2.45) is 0 Å². The van der Waals surface area contributed by atoms with Crippen molar-refractivity contribution >= 4 is 5.69 Å². The lowest BCUT2D eigenvalue weighted by Gasteiger charge is -2.08. The minimum Gasteiger partial charge on any atom is -0.392 e. The summed E-state index contributed by atoms with van der Waals surface area (Å²) in [4.78, 5) is 4.18. The van der Waals surface area contributed by atoms with Crippen LogP contribution in [0.15, 0.2) is 18.3 Å². The largest absolute Gasteiger partial charge is 0.392 e. The molecule has 1 rings (SSSR count). The molecule has 72 valence electrons. The van der Waals surface area contributed by atoms with Crippen LogP contribution >= 0.6 is 0 Å². The number of nitrogens with zero attached hydrogens (tertiary/aromatic N) is 1. The van der Waals surface area contributed by atoms with Crippen LogP contribution in [-0.4, -0.2) is 22.7 Å². The normalized spacial score (nSPS) is 12.5. The van der Waals surface area contributed by atoms with Gasteiger partial charge < -0.3 is 10.4 Å². The predicted octanol–water partition coefficient (Wildman–Crippen LogP) is 1.44. The lowest BCUT2D eigenvalue weighted by Crippen LogP contribution is -2.15. The summed E-state index contributed by atoms with van der Waals surface area (Å²) in [6.45, 7) is 4.41. The smallest absolute Gasteiger partial charge is 0.0684 e. The number of hydrogen-bond donors (Lipinski definition) is 2. The average molecular weight is 180 g/mol. The summed E-state index contributed by atoms with van der Waals surface area (Å²) in [5.41, 5.74) is 2.09. The molecule has 3 heteroatoms. The van der Waals surface area contributed by atoms with Crippen molar-refractivity contribution in [2.45, 2.75) is 26.4 Å². The molecule has 1 aromatic rings. The van der Waals surface area contributed by atoms with Crippen LogP contribution in [0.5, 0.6) is 0 Å². The molecule has 0 saturated heterocycles. The summed E-state index contributed by atoms with van der Waals surface area (Å²) in [6, 6.07) is 3.91. The van der Waals surface area contributed by atoms with E-state index in [-0.39, 0.29) is 6.10 Å². The third kappa shape index (κ3) is 3.42. The Morgan fingerprint density at radius 1 is 1.62 bits per heavy atom. The number of nitrogens with one attached hydrogen (secondary N) is 1. The Hall–Kier alpha value is -1.09. The highest BCUT2D eigenvalue weighted by Gasteiger charge is 1.97. The Morgan fingerprint density at radius 2 is 2.38 bits per heavy atom. The molecule has 13 heavy (non-hydrogen) atoms. The van der Waals surface area contributed by atoms with E-state index in [2.05, 4.69) is 17.2 Å². The van der Waals surface area contributed by atoms with Crippen LogP contribution in [0.25, 0.3) is 0 Å². The lowest BCUT2D eigenvalue weighted by molar-refractivity contribution is 0.208. The predicted molar refractivity (Wildman–Crippen MR) is 53.8 cm³/mol. The second-order valence-electron chi connectivity index (χ2n) is 3.12. The zero-order chi connectivity index (χ0) is 9.68. The first-order valence-corrected chi connectivity index (χ1v) is 4.59. The monoisotopic (exact) mass is 180 g/mol. The maximum atomic E-state index is 9.06. The molecule has 3 nitrogen and oxygen atoms in total. The Labute approximate surface area is 78.8 Å².